The lowest BCUT2D eigenvalue weighted by atomic mass is 10.2. The molecule has 0 bridgehead atoms. The summed E-state index contributed by atoms with van der Waals surface area (Å²) in [6.45, 7) is 1.64. The standard InChI is InChI=1S/C21H18BrClN2O4S/c1-14-2-6-17(7-3-14)25-30(27,28)18-10-11-20(19(23)12-18)29-13-21(26)24-16-8-4-15(22)5-9-16/h2-12,25H,13H2,1H3,(H,24,26). The topological polar surface area (TPSA) is 84.5 Å². The Bertz CT molecular complexity index is 1150. The summed E-state index contributed by atoms with van der Waals surface area (Å²) >= 11 is 9.49. The minimum atomic E-state index is -3.81. The largest absolute Gasteiger partial charge is 0.482 e. The maximum atomic E-state index is 12.6. The van der Waals surface area contributed by atoms with Crippen LogP contribution in [0.4, 0.5) is 11.4 Å². The molecule has 0 fully saturated rings. The summed E-state index contributed by atoms with van der Waals surface area (Å²) in [6, 6.07) is 18.1. The van der Waals surface area contributed by atoms with Crippen molar-refractivity contribution in [2.45, 2.75) is 11.8 Å². The number of rotatable bonds is 7. The van der Waals surface area contributed by atoms with Crippen molar-refractivity contribution in [1.82, 2.24) is 0 Å². The number of hydrogen-bond donors (Lipinski definition) is 2. The highest BCUT2D eigenvalue weighted by atomic mass is 79.9. The van der Waals surface area contributed by atoms with Crippen molar-refractivity contribution in [1.29, 1.82) is 0 Å². The molecule has 0 radical (unpaired) electrons. The van der Waals surface area contributed by atoms with Gasteiger partial charge in [0.05, 0.1) is 9.92 Å². The molecular formula is C21H18BrClN2O4S. The Morgan fingerprint density at radius 3 is 2.27 bits per heavy atom. The lowest BCUT2D eigenvalue weighted by Crippen LogP contribution is -2.20. The Kier molecular flexibility index (Phi) is 7.02. The maximum absolute atomic E-state index is 12.6. The van der Waals surface area contributed by atoms with E-state index in [0.29, 0.717) is 11.4 Å². The normalized spacial score (nSPS) is 11.0. The van der Waals surface area contributed by atoms with Crippen LogP contribution in [0, 0.1) is 6.92 Å². The lowest BCUT2D eigenvalue weighted by molar-refractivity contribution is -0.118. The maximum Gasteiger partial charge on any atom is 0.262 e. The van der Waals surface area contributed by atoms with E-state index in [1.807, 2.05) is 6.92 Å². The molecule has 9 heteroatoms. The van der Waals surface area contributed by atoms with E-state index in [1.54, 1.807) is 48.5 Å². The van der Waals surface area contributed by atoms with E-state index < -0.39 is 10.0 Å². The van der Waals surface area contributed by atoms with Gasteiger partial charge in [-0.15, -0.1) is 0 Å². The van der Waals surface area contributed by atoms with E-state index in [4.69, 9.17) is 16.3 Å². The zero-order valence-corrected chi connectivity index (χ0v) is 19.0. The highest BCUT2D eigenvalue weighted by Crippen LogP contribution is 2.28. The van der Waals surface area contributed by atoms with E-state index in [2.05, 4.69) is 26.0 Å². The third kappa shape index (κ3) is 5.98. The van der Waals surface area contributed by atoms with Crippen molar-refractivity contribution in [3.05, 3.63) is 81.8 Å². The molecule has 30 heavy (non-hydrogen) atoms. The molecule has 156 valence electrons. The lowest BCUT2D eigenvalue weighted by Gasteiger charge is -2.12. The van der Waals surface area contributed by atoms with Crippen LogP contribution in [0.1, 0.15) is 5.56 Å². The first-order chi connectivity index (χ1) is 14.2. The third-order valence-electron chi connectivity index (χ3n) is 4.00. The Morgan fingerprint density at radius 2 is 1.63 bits per heavy atom. The van der Waals surface area contributed by atoms with Crippen LogP contribution in [0.3, 0.4) is 0 Å². The number of benzene rings is 3. The molecule has 0 heterocycles. The smallest absolute Gasteiger partial charge is 0.262 e. The average molecular weight is 510 g/mol. The number of amides is 1. The van der Waals surface area contributed by atoms with Gasteiger partial charge in [-0.2, -0.15) is 0 Å². The fraction of sp³-hybridized carbons (Fsp3) is 0.0952. The first-order valence-electron chi connectivity index (χ1n) is 8.80. The summed E-state index contributed by atoms with van der Waals surface area (Å²) in [4.78, 5) is 12.0. The van der Waals surface area contributed by atoms with Gasteiger partial charge in [-0.25, -0.2) is 8.42 Å². The zero-order valence-electron chi connectivity index (χ0n) is 15.9. The fourth-order valence-electron chi connectivity index (χ4n) is 2.48. The monoisotopic (exact) mass is 508 g/mol. The first-order valence-corrected chi connectivity index (χ1v) is 11.5. The molecule has 0 saturated heterocycles. The molecule has 1 amide bonds. The number of aryl methyl sites for hydroxylation is 1. The number of carbonyl (C=O) groups is 1. The Morgan fingerprint density at radius 1 is 1.00 bits per heavy atom. The molecule has 3 rings (SSSR count). The van der Waals surface area contributed by atoms with Crippen molar-refractivity contribution < 1.29 is 17.9 Å². The van der Waals surface area contributed by atoms with Gasteiger partial charge < -0.3 is 10.1 Å². The van der Waals surface area contributed by atoms with Crippen LogP contribution in [0.5, 0.6) is 5.75 Å². The highest BCUT2D eigenvalue weighted by Gasteiger charge is 2.17. The molecule has 0 atom stereocenters. The Balaban J connectivity index is 1.63. The van der Waals surface area contributed by atoms with Gasteiger partial charge in [0.2, 0.25) is 0 Å². The van der Waals surface area contributed by atoms with Gasteiger partial charge in [0.25, 0.3) is 15.9 Å². The van der Waals surface area contributed by atoms with Crippen LogP contribution in [0.15, 0.2) is 76.1 Å². The van der Waals surface area contributed by atoms with E-state index >= 15 is 0 Å². The van der Waals surface area contributed by atoms with Crippen molar-refractivity contribution in [2.24, 2.45) is 0 Å². The van der Waals surface area contributed by atoms with Gasteiger partial charge in [0, 0.05) is 15.8 Å². The summed E-state index contributed by atoms with van der Waals surface area (Å²) < 4.78 is 33.9. The minimum Gasteiger partial charge on any atom is -0.482 e. The number of anilines is 2. The molecule has 0 spiro atoms. The van der Waals surface area contributed by atoms with Crippen LogP contribution in [-0.2, 0) is 14.8 Å². The van der Waals surface area contributed by atoms with E-state index in [9.17, 15) is 13.2 Å². The van der Waals surface area contributed by atoms with Gasteiger partial charge in [0.1, 0.15) is 5.75 Å². The first kappa shape index (κ1) is 22.1. The number of carbonyl (C=O) groups excluding carboxylic acids is 1. The average Bonchev–Trinajstić information content (AvgIpc) is 2.70. The third-order valence-corrected chi connectivity index (χ3v) is 6.21. The summed E-state index contributed by atoms with van der Waals surface area (Å²) in [7, 11) is -3.81. The van der Waals surface area contributed by atoms with Crippen LogP contribution < -0.4 is 14.8 Å². The SMILES string of the molecule is Cc1ccc(NS(=O)(=O)c2ccc(OCC(=O)Nc3ccc(Br)cc3)c(Cl)c2)cc1. The van der Waals surface area contributed by atoms with Crippen molar-refractivity contribution in [3.63, 3.8) is 0 Å². The van der Waals surface area contributed by atoms with Crippen molar-refractivity contribution >= 4 is 54.8 Å². The summed E-state index contributed by atoms with van der Waals surface area (Å²) in [5.74, 6) is -0.164. The molecule has 0 saturated carbocycles. The van der Waals surface area contributed by atoms with Gasteiger partial charge in [-0.3, -0.25) is 9.52 Å². The van der Waals surface area contributed by atoms with Gasteiger partial charge in [-0.05, 0) is 61.5 Å². The highest BCUT2D eigenvalue weighted by molar-refractivity contribution is 9.10. The minimum absolute atomic E-state index is 0.0141. The predicted octanol–water partition coefficient (Wildman–Crippen LogP) is 5.23. The second-order valence-corrected chi connectivity index (χ2v) is 9.41. The molecule has 0 unspecified atom stereocenters. The van der Waals surface area contributed by atoms with Gasteiger partial charge in [0.15, 0.2) is 6.61 Å². The number of hydrogen-bond acceptors (Lipinski definition) is 4. The van der Waals surface area contributed by atoms with Crippen molar-refractivity contribution in [3.8, 4) is 5.75 Å². The van der Waals surface area contributed by atoms with Crippen LogP contribution in [0.25, 0.3) is 0 Å². The number of sulfonamides is 1. The number of ether oxygens (including phenoxy) is 1. The molecule has 6 nitrogen and oxygen atoms in total. The fourth-order valence-corrected chi connectivity index (χ4v) is 4.12. The molecule has 0 aliphatic heterocycles. The molecule has 2 N–H and O–H groups in total. The van der Waals surface area contributed by atoms with Crippen molar-refractivity contribution in [2.75, 3.05) is 16.6 Å². The molecule has 3 aromatic carbocycles. The number of halogens is 2. The van der Waals surface area contributed by atoms with Gasteiger partial charge in [-0.1, -0.05) is 45.2 Å². The molecule has 3 aromatic rings. The molecule has 0 aliphatic carbocycles. The van der Waals surface area contributed by atoms with Crippen LogP contribution in [-0.4, -0.2) is 20.9 Å². The van der Waals surface area contributed by atoms with Crippen LogP contribution >= 0.6 is 27.5 Å². The zero-order chi connectivity index (χ0) is 21.7. The van der Waals surface area contributed by atoms with E-state index in [-0.39, 0.29) is 28.2 Å². The number of nitrogens with one attached hydrogen (secondary N) is 2. The second kappa shape index (κ2) is 9.51. The predicted molar refractivity (Wildman–Crippen MR) is 122 cm³/mol. The second-order valence-electron chi connectivity index (χ2n) is 6.41. The van der Waals surface area contributed by atoms with E-state index in [0.717, 1.165) is 10.0 Å². The summed E-state index contributed by atoms with van der Waals surface area (Å²) in [6.07, 6.45) is 0. The Labute approximate surface area is 188 Å². The molecule has 0 aliphatic rings. The molecule has 0 aromatic heterocycles. The summed E-state index contributed by atoms with van der Waals surface area (Å²) in [5.41, 5.74) is 2.09. The van der Waals surface area contributed by atoms with E-state index in [1.165, 1.54) is 18.2 Å². The molecular weight excluding hydrogens is 492 g/mol. The summed E-state index contributed by atoms with van der Waals surface area (Å²) in [5, 5.41) is 2.77. The quantitative estimate of drug-likeness (QED) is 0.457. The Hall–Kier alpha value is -2.55. The van der Waals surface area contributed by atoms with Gasteiger partial charge >= 0.3 is 0 Å². The van der Waals surface area contributed by atoms with Crippen LogP contribution in [0.2, 0.25) is 5.02 Å².